The van der Waals surface area contributed by atoms with Crippen molar-refractivity contribution in [3.8, 4) is 11.5 Å². The van der Waals surface area contributed by atoms with Crippen LogP contribution >= 0.6 is 0 Å². The molecular formula is C17H14N4O6. The standard InChI is InChI=1S/C17H14N4O6/c1-10-3-5-11(6-4-10)15-19-18-14(27-15)9-20-8-12(21(24)25)7-13(16(20)22)17(23)26-2/h3-8H,9H2,1-2H3. The molecule has 0 radical (unpaired) electrons. The van der Waals surface area contributed by atoms with Gasteiger partial charge < -0.3 is 9.15 Å². The Labute approximate surface area is 152 Å². The third kappa shape index (κ3) is 3.73. The van der Waals surface area contributed by atoms with Crippen LogP contribution in [0.25, 0.3) is 11.5 Å². The highest BCUT2D eigenvalue weighted by atomic mass is 16.6. The monoisotopic (exact) mass is 370 g/mol. The van der Waals surface area contributed by atoms with Crippen molar-refractivity contribution < 1.29 is 18.9 Å². The molecule has 27 heavy (non-hydrogen) atoms. The molecule has 0 saturated heterocycles. The SMILES string of the molecule is COC(=O)c1cc([N+](=O)[O-])cn(Cc2nnc(-c3ccc(C)cc3)o2)c1=O. The van der Waals surface area contributed by atoms with Gasteiger partial charge in [-0.25, -0.2) is 4.79 Å². The summed E-state index contributed by atoms with van der Waals surface area (Å²) in [5.74, 6) is -0.663. The average Bonchev–Trinajstić information content (AvgIpc) is 3.11. The van der Waals surface area contributed by atoms with Crippen LogP contribution in [-0.4, -0.2) is 32.8 Å². The second-order valence-corrected chi connectivity index (χ2v) is 5.66. The Morgan fingerprint density at radius 2 is 2.00 bits per heavy atom. The lowest BCUT2D eigenvalue weighted by Crippen LogP contribution is -2.27. The van der Waals surface area contributed by atoms with E-state index >= 15 is 0 Å². The summed E-state index contributed by atoms with van der Waals surface area (Å²) in [5.41, 5.74) is 0.110. The molecule has 10 heteroatoms. The number of aryl methyl sites for hydroxylation is 1. The molecule has 0 aliphatic carbocycles. The van der Waals surface area contributed by atoms with E-state index in [0.29, 0.717) is 5.56 Å². The Bertz CT molecular complexity index is 1070. The Morgan fingerprint density at radius 1 is 1.30 bits per heavy atom. The summed E-state index contributed by atoms with van der Waals surface area (Å²) in [6.07, 6.45) is 1.00. The third-order valence-corrected chi connectivity index (χ3v) is 3.76. The first-order valence-corrected chi connectivity index (χ1v) is 7.75. The fourth-order valence-corrected chi connectivity index (χ4v) is 2.37. The fourth-order valence-electron chi connectivity index (χ4n) is 2.37. The first kappa shape index (κ1) is 18.0. The van der Waals surface area contributed by atoms with Crippen LogP contribution in [0.4, 0.5) is 5.69 Å². The van der Waals surface area contributed by atoms with Gasteiger partial charge in [0, 0.05) is 11.6 Å². The van der Waals surface area contributed by atoms with E-state index in [9.17, 15) is 19.7 Å². The van der Waals surface area contributed by atoms with Gasteiger partial charge in [0.05, 0.1) is 18.2 Å². The first-order valence-electron chi connectivity index (χ1n) is 7.75. The molecule has 0 fully saturated rings. The predicted molar refractivity (Wildman–Crippen MR) is 92.3 cm³/mol. The van der Waals surface area contributed by atoms with Crippen LogP contribution in [0.1, 0.15) is 21.8 Å². The molecule has 0 N–H and O–H groups in total. The van der Waals surface area contributed by atoms with Crippen LogP contribution in [0.3, 0.4) is 0 Å². The molecule has 1 aromatic carbocycles. The molecule has 0 amide bonds. The van der Waals surface area contributed by atoms with Crippen molar-refractivity contribution in [1.29, 1.82) is 0 Å². The number of benzene rings is 1. The van der Waals surface area contributed by atoms with Gasteiger partial charge in [-0.05, 0) is 19.1 Å². The first-order chi connectivity index (χ1) is 12.9. The van der Waals surface area contributed by atoms with Gasteiger partial charge in [-0.1, -0.05) is 17.7 Å². The second-order valence-electron chi connectivity index (χ2n) is 5.66. The summed E-state index contributed by atoms with van der Waals surface area (Å²) in [6.45, 7) is 1.71. The van der Waals surface area contributed by atoms with E-state index in [-0.39, 0.29) is 18.3 Å². The maximum atomic E-state index is 12.4. The number of ether oxygens (including phenoxy) is 1. The predicted octanol–water partition coefficient (Wildman–Crippen LogP) is 1.95. The molecule has 3 aromatic rings. The summed E-state index contributed by atoms with van der Waals surface area (Å²) in [6, 6.07) is 8.25. The molecular weight excluding hydrogens is 356 g/mol. The summed E-state index contributed by atoms with van der Waals surface area (Å²) < 4.78 is 11.0. The molecule has 0 spiro atoms. The average molecular weight is 370 g/mol. The van der Waals surface area contributed by atoms with Crippen molar-refractivity contribution in [1.82, 2.24) is 14.8 Å². The number of aromatic nitrogens is 3. The van der Waals surface area contributed by atoms with Gasteiger partial charge in [-0.15, -0.1) is 10.2 Å². The lowest BCUT2D eigenvalue weighted by atomic mass is 10.1. The van der Waals surface area contributed by atoms with Gasteiger partial charge in [-0.2, -0.15) is 0 Å². The number of hydrogen-bond acceptors (Lipinski definition) is 8. The summed E-state index contributed by atoms with van der Waals surface area (Å²) in [7, 11) is 1.08. The van der Waals surface area contributed by atoms with Crippen molar-refractivity contribution in [3.63, 3.8) is 0 Å². The van der Waals surface area contributed by atoms with E-state index in [0.717, 1.165) is 29.5 Å². The lowest BCUT2D eigenvalue weighted by molar-refractivity contribution is -0.385. The van der Waals surface area contributed by atoms with Gasteiger partial charge in [0.2, 0.25) is 11.8 Å². The minimum atomic E-state index is -0.969. The molecule has 2 heterocycles. The zero-order valence-corrected chi connectivity index (χ0v) is 14.4. The van der Waals surface area contributed by atoms with Crippen LogP contribution in [0, 0.1) is 17.0 Å². The summed E-state index contributed by atoms with van der Waals surface area (Å²) in [5, 5.41) is 18.9. The van der Waals surface area contributed by atoms with Crippen molar-refractivity contribution in [2.24, 2.45) is 0 Å². The van der Waals surface area contributed by atoms with E-state index in [2.05, 4.69) is 14.9 Å². The minimum Gasteiger partial charge on any atom is -0.465 e. The maximum absolute atomic E-state index is 12.4. The minimum absolute atomic E-state index is 0.0592. The van der Waals surface area contributed by atoms with Crippen molar-refractivity contribution in [3.05, 3.63) is 74.0 Å². The Balaban J connectivity index is 1.97. The Kier molecular flexibility index (Phi) is 4.79. The molecule has 0 unspecified atom stereocenters. The summed E-state index contributed by atoms with van der Waals surface area (Å²) >= 11 is 0. The van der Waals surface area contributed by atoms with Gasteiger partial charge in [0.15, 0.2) is 0 Å². The number of rotatable bonds is 5. The number of hydrogen-bond donors (Lipinski definition) is 0. The maximum Gasteiger partial charge on any atom is 0.343 e. The number of carbonyl (C=O) groups is 1. The number of methoxy groups -OCH3 is 1. The number of pyridine rings is 1. The smallest absolute Gasteiger partial charge is 0.343 e. The van der Waals surface area contributed by atoms with E-state index in [1.165, 1.54) is 0 Å². The quantitative estimate of drug-likeness (QED) is 0.378. The van der Waals surface area contributed by atoms with Crippen LogP contribution in [-0.2, 0) is 11.3 Å². The molecule has 0 atom stereocenters. The molecule has 10 nitrogen and oxygen atoms in total. The molecule has 0 aliphatic rings. The normalized spacial score (nSPS) is 10.6. The molecule has 0 aliphatic heterocycles. The van der Waals surface area contributed by atoms with Gasteiger partial charge in [-0.3, -0.25) is 19.5 Å². The van der Waals surface area contributed by atoms with Gasteiger partial charge >= 0.3 is 5.97 Å². The third-order valence-electron chi connectivity index (χ3n) is 3.76. The lowest BCUT2D eigenvalue weighted by Gasteiger charge is -2.05. The van der Waals surface area contributed by atoms with E-state index in [1.54, 1.807) is 0 Å². The highest BCUT2D eigenvalue weighted by Gasteiger charge is 2.21. The van der Waals surface area contributed by atoms with Crippen molar-refractivity contribution >= 4 is 11.7 Å². The van der Waals surface area contributed by atoms with Gasteiger partial charge in [0.25, 0.3) is 11.2 Å². The largest absolute Gasteiger partial charge is 0.465 e. The fraction of sp³-hybridized carbons (Fsp3) is 0.176. The summed E-state index contributed by atoms with van der Waals surface area (Å²) in [4.78, 5) is 34.5. The van der Waals surface area contributed by atoms with Crippen LogP contribution in [0.2, 0.25) is 0 Å². The number of nitrogens with zero attached hydrogens (tertiary/aromatic N) is 4. The van der Waals surface area contributed by atoms with E-state index in [4.69, 9.17) is 4.42 Å². The number of esters is 1. The number of nitro groups is 1. The Morgan fingerprint density at radius 3 is 2.63 bits per heavy atom. The molecule has 2 aromatic heterocycles. The highest BCUT2D eigenvalue weighted by molar-refractivity contribution is 5.89. The second kappa shape index (κ2) is 7.20. The van der Waals surface area contributed by atoms with E-state index in [1.807, 2.05) is 31.2 Å². The van der Waals surface area contributed by atoms with Gasteiger partial charge in [0.1, 0.15) is 12.1 Å². The highest BCUT2D eigenvalue weighted by Crippen LogP contribution is 2.19. The van der Waals surface area contributed by atoms with Crippen molar-refractivity contribution in [2.45, 2.75) is 13.5 Å². The van der Waals surface area contributed by atoms with Crippen molar-refractivity contribution in [2.75, 3.05) is 7.11 Å². The van der Waals surface area contributed by atoms with Crippen LogP contribution in [0.15, 0.2) is 45.7 Å². The van der Waals surface area contributed by atoms with E-state index < -0.39 is 27.7 Å². The molecule has 138 valence electrons. The zero-order valence-electron chi connectivity index (χ0n) is 14.4. The van der Waals surface area contributed by atoms with Crippen LogP contribution in [0.5, 0.6) is 0 Å². The van der Waals surface area contributed by atoms with Crippen LogP contribution < -0.4 is 5.56 Å². The Hall–Kier alpha value is -3.82. The number of carbonyl (C=O) groups excluding carboxylic acids is 1. The zero-order chi connectivity index (χ0) is 19.6. The molecule has 0 bridgehead atoms. The topological polar surface area (TPSA) is 130 Å². The molecule has 0 saturated carbocycles. The molecule has 3 rings (SSSR count).